The first-order valence-electron chi connectivity index (χ1n) is 4.72. The van der Waals surface area contributed by atoms with Crippen LogP contribution in [0.4, 0.5) is 4.79 Å². The molecule has 0 aliphatic carbocycles. The van der Waals surface area contributed by atoms with Crippen molar-refractivity contribution in [3.05, 3.63) is 0 Å². The van der Waals surface area contributed by atoms with Crippen molar-refractivity contribution in [2.24, 2.45) is 0 Å². The Balaban J connectivity index is 0.000000671. The lowest BCUT2D eigenvalue weighted by Crippen LogP contribution is -2.57. The van der Waals surface area contributed by atoms with Crippen LogP contribution in [0, 0.1) is 0 Å². The summed E-state index contributed by atoms with van der Waals surface area (Å²) in [7, 11) is 1.72. The minimum atomic E-state index is -0.288. The third kappa shape index (κ3) is 2.88. The topological polar surface area (TPSA) is 41.6 Å². The summed E-state index contributed by atoms with van der Waals surface area (Å²) in [6, 6.07) is 0. The molecule has 0 bridgehead atoms. The molecule has 0 aromatic heterocycles. The minimum Gasteiger partial charge on any atom is -0.448 e. The Bertz CT molecular complexity index is 169. The highest BCUT2D eigenvalue weighted by molar-refractivity contribution is 5.68. The Labute approximate surface area is 80.2 Å². The number of amides is 1. The fraction of sp³-hybridized carbons (Fsp3) is 0.889. The standard InChI is InChI=1S/C7H14N2O2.C2H6/c1-7(2)4-5-11-6(10)9(7)8-3;1-2/h8H,4-5H2,1-3H3;1-2H3. The molecule has 1 saturated heterocycles. The van der Waals surface area contributed by atoms with E-state index in [9.17, 15) is 4.79 Å². The van der Waals surface area contributed by atoms with Crippen LogP contribution in [0.1, 0.15) is 34.1 Å². The van der Waals surface area contributed by atoms with E-state index >= 15 is 0 Å². The molecule has 1 N–H and O–H groups in total. The Morgan fingerprint density at radius 1 is 1.46 bits per heavy atom. The average molecular weight is 188 g/mol. The van der Waals surface area contributed by atoms with E-state index in [-0.39, 0.29) is 11.6 Å². The predicted octanol–water partition coefficient (Wildman–Crippen LogP) is 1.77. The molecule has 0 spiro atoms. The molecule has 13 heavy (non-hydrogen) atoms. The van der Waals surface area contributed by atoms with Crippen LogP contribution >= 0.6 is 0 Å². The third-order valence-electron chi connectivity index (χ3n) is 1.95. The second kappa shape index (κ2) is 5.07. The van der Waals surface area contributed by atoms with Crippen LogP contribution in [0.5, 0.6) is 0 Å². The van der Waals surface area contributed by atoms with Gasteiger partial charge in [0.2, 0.25) is 0 Å². The monoisotopic (exact) mass is 188 g/mol. The summed E-state index contributed by atoms with van der Waals surface area (Å²) in [6.45, 7) is 8.53. The van der Waals surface area contributed by atoms with Gasteiger partial charge in [-0.05, 0) is 13.8 Å². The summed E-state index contributed by atoms with van der Waals surface area (Å²) in [5.41, 5.74) is 2.67. The van der Waals surface area contributed by atoms with Gasteiger partial charge < -0.3 is 4.74 Å². The van der Waals surface area contributed by atoms with Gasteiger partial charge in [-0.1, -0.05) is 13.8 Å². The Hall–Kier alpha value is -0.770. The smallest absolute Gasteiger partial charge is 0.424 e. The van der Waals surface area contributed by atoms with Crippen LogP contribution in [0.15, 0.2) is 0 Å². The molecule has 78 valence electrons. The summed E-state index contributed by atoms with van der Waals surface area (Å²) in [5.74, 6) is 0. The molecule has 1 rings (SSSR count). The van der Waals surface area contributed by atoms with Gasteiger partial charge in [-0.25, -0.2) is 15.2 Å². The Morgan fingerprint density at radius 2 is 2.00 bits per heavy atom. The van der Waals surface area contributed by atoms with Crippen LogP contribution in [0.3, 0.4) is 0 Å². The first-order valence-corrected chi connectivity index (χ1v) is 4.72. The number of hydrazine groups is 1. The van der Waals surface area contributed by atoms with Gasteiger partial charge in [0.1, 0.15) is 0 Å². The lowest BCUT2D eigenvalue weighted by Gasteiger charge is -2.40. The molecular formula is C9H20N2O2. The molecule has 0 atom stereocenters. The maximum absolute atomic E-state index is 11.1. The van der Waals surface area contributed by atoms with Crippen molar-refractivity contribution in [2.75, 3.05) is 13.7 Å². The summed E-state index contributed by atoms with van der Waals surface area (Å²) < 4.78 is 4.84. The number of rotatable bonds is 1. The van der Waals surface area contributed by atoms with Crippen molar-refractivity contribution < 1.29 is 9.53 Å². The van der Waals surface area contributed by atoms with E-state index in [1.807, 2.05) is 27.7 Å². The van der Waals surface area contributed by atoms with E-state index < -0.39 is 0 Å². The van der Waals surface area contributed by atoms with Gasteiger partial charge in [-0.15, -0.1) is 0 Å². The normalized spacial score (nSPS) is 20.1. The predicted molar refractivity (Wildman–Crippen MR) is 52.3 cm³/mol. The lowest BCUT2D eigenvalue weighted by molar-refractivity contribution is -0.0110. The van der Waals surface area contributed by atoms with E-state index in [4.69, 9.17) is 4.74 Å². The van der Waals surface area contributed by atoms with Gasteiger partial charge >= 0.3 is 6.09 Å². The van der Waals surface area contributed by atoms with Crippen molar-refractivity contribution in [1.29, 1.82) is 0 Å². The molecule has 1 aliphatic heterocycles. The van der Waals surface area contributed by atoms with Crippen LogP contribution in [0.25, 0.3) is 0 Å². The van der Waals surface area contributed by atoms with Crippen molar-refractivity contribution in [1.82, 2.24) is 10.4 Å². The van der Waals surface area contributed by atoms with E-state index in [1.165, 1.54) is 5.01 Å². The summed E-state index contributed by atoms with van der Waals surface area (Å²) in [5, 5.41) is 1.51. The third-order valence-corrected chi connectivity index (χ3v) is 1.95. The Kier molecular flexibility index (Phi) is 4.77. The van der Waals surface area contributed by atoms with Crippen LogP contribution in [-0.2, 0) is 4.74 Å². The fourth-order valence-electron chi connectivity index (χ4n) is 1.21. The van der Waals surface area contributed by atoms with Gasteiger partial charge in [-0.3, -0.25) is 0 Å². The van der Waals surface area contributed by atoms with E-state index in [2.05, 4.69) is 5.43 Å². The van der Waals surface area contributed by atoms with Crippen molar-refractivity contribution in [3.8, 4) is 0 Å². The van der Waals surface area contributed by atoms with Crippen molar-refractivity contribution >= 4 is 6.09 Å². The SMILES string of the molecule is CC.CNN1C(=O)OCCC1(C)C. The first-order chi connectivity index (χ1) is 6.08. The molecule has 1 heterocycles. The lowest BCUT2D eigenvalue weighted by atomic mass is 10.00. The van der Waals surface area contributed by atoms with Gasteiger partial charge in [-0.2, -0.15) is 0 Å². The largest absolute Gasteiger partial charge is 0.448 e. The highest BCUT2D eigenvalue weighted by atomic mass is 16.6. The highest BCUT2D eigenvalue weighted by Crippen LogP contribution is 2.21. The average Bonchev–Trinajstić information content (AvgIpc) is 2.07. The van der Waals surface area contributed by atoms with Crippen molar-refractivity contribution in [3.63, 3.8) is 0 Å². The summed E-state index contributed by atoms with van der Waals surface area (Å²) in [4.78, 5) is 11.1. The maximum atomic E-state index is 11.1. The zero-order valence-electron chi connectivity index (χ0n) is 9.18. The van der Waals surface area contributed by atoms with Crippen molar-refractivity contribution in [2.45, 2.75) is 39.7 Å². The number of ether oxygens (including phenoxy) is 1. The molecule has 1 aliphatic rings. The number of hydrogen-bond acceptors (Lipinski definition) is 3. The second-order valence-electron chi connectivity index (χ2n) is 3.24. The molecule has 1 fully saturated rings. The van der Waals surface area contributed by atoms with Gasteiger partial charge in [0, 0.05) is 13.5 Å². The molecule has 0 radical (unpaired) electrons. The molecule has 4 nitrogen and oxygen atoms in total. The Morgan fingerprint density at radius 3 is 2.31 bits per heavy atom. The van der Waals surface area contributed by atoms with Crippen LogP contribution < -0.4 is 5.43 Å². The number of cyclic esters (lactones) is 1. The molecule has 0 saturated carbocycles. The number of nitrogens with zero attached hydrogens (tertiary/aromatic N) is 1. The number of hydrogen-bond donors (Lipinski definition) is 1. The van der Waals surface area contributed by atoms with E-state index in [1.54, 1.807) is 7.05 Å². The van der Waals surface area contributed by atoms with Gasteiger partial charge in [0.25, 0.3) is 0 Å². The molecule has 0 aromatic carbocycles. The first kappa shape index (κ1) is 12.2. The van der Waals surface area contributed by atoms with E-state index in [0.29, 0.717) is 6.61 Å². The summed E-state index contributed by atoms with van der Waals surface area (Å²) in [6.07, 6.45) is 0.573. The van der Waals surface area contributed by atoms with Crippen LogP contribution in [-0.4, -0.2) is 30.3 Å². The number of nitrogens with one attached hydrogen (secondary N) is 1. The quantitative estimate of drug-likeness (QED) is 0.682. The summed E-state index contributed by atoms with van der Waals surface area (Å²) >= 11 is 0. The number of carbonyl (C=O) groups excluding carboxylic acids is 1. The molecule has 4 heteroatoms. The van der Waals surface area contributed by atoms with Gasteiger partial charge in [0.15, 0.2) is 0 Å². The molecule has 0 unspecified atom stereocenters. The molecule has 0 aromatic rings. The second-order valence-corrected chi connectivity index (χ2v) is 3.24. The zero-order chi connectivity index (χ0) is 10.5. The fourth-order valence-corrected chi connectivity index (χ4v) is 1.21. The maximum Gasteiger partial charge on any atom is 0.424 e. The zero-order valence-corrected chi connectivity index (χ0v) is 9.18. The molecule has 1 amide bonds. The number of carbonyl (C=O) groups is 1. The highest BCUT2D eigenvalue weighted by Gasteiger charge is 2.35. The van der Waals surface area contributed by atoms with Gasteiger partial charge in [0.05, 0.1) is 12.1 Å². The van der Waals surface area contributed by atoms with Crippen LogP contribution in [0.2, 0.25) is 0 Å². The molecular weight excluding hydrogens is 168 g/mol. The minimum absolute atomic E-state index is 0.135. The van der Waals surface area contributed by atoms with E-state index in [0.717, 1.165) is 6.42 Å².